The number of piperidine rings is 1. The highest BCUT2D eigenvalue weighted by Crippen LogP contribution is 2.36. The fourth-order valence-corrected chi connectivity index (χ4v) is 3.65. The Bertz CT molecular complexity index is 546. The lowest BCUT2D eigenvalue weighted by Crippen LogP contribution is -2.45. The van der Waals surface area contributed by atoms with Crippen LogP contribution in [0.2, 0.25) is 0 Å². The second-order valence-corrected chi connectivity index (χ2v) is 7.32. The number of nitrogens with one attached hydrogen (secondary N) is 1. The summed E-state index contributed by atoms with van der Waals surface area (Å²) in [6, 6.07) is 8.05. The molecule has 1 spiro atoms. The standard InChI is InChI=1S/C19H28N2O2.ClH/c1-15(2)16-4-3-5-17(12-16)23-13-18(22)21-10-7-19(8-11-21)6-9-20-14-19;/h3-5,12,15,20H,6-11,13-14H2,1-2H3;1H. The molecule has 2 fully saturated rings. The number of benzene rings is 1. The predicted octanol–water partition coefficient (Wildman–Crippen LogP) is 3.21. The number of hydrogen-bond donors (Lipinski definition) is 1. The lowest BCUT2D eigenvalue weighted by molar-refractivity contribution is -0.135. The van der Waals surface area contributed by atoms with E-state index in [-0.39, 0.29) is 24.9 Å². The second-order valence-electron chi connectivity index (χ2n) is 7.32. The zero-order valence-corrected chi connectivity index (χ0v) is 15.5. The van der Waals surface area contributed by atoms with Gasteiger partial charge in [-0.2, -0.15) is 0 Å². The van der Waals surface area contributed by atoms with Crippen LogP contribution in [0.4, 0.5) is 0 Å². The summed E-state index contributed by atoms with van der Waals surface area (Å²) in [5.41, 5.74) is 1.69. The van der Waals surface area contributed by atoms with Crippen molar-refractivity contribution >= 4 is 18.3 Å². The van der Waals surface area contributed by atoms with Crippen molar-refractivity contribution in [1.82, 2.24) is 10.2 Å². The lowest BCUT2D eigenvalue weighted by atomic mass is 9.78. The molecule has 134 valence electrons. The van der Waals surface area contributed by atoms with E-state index in [0.29, 0.717) is 11.3 Å². The van der Waals surface area contributed by atoms with Crippen molar-refractivity contribution in [3.8, 4) is 5.75 Å². The summed E-state index contributed by atoms with van der Waals surface area (Å²) < 4.78 is 5.73. The van der Waals surface area contributed by atoms with E-state index in [1.165, 1.54) is 12.0 Å². The molecular weight excluding hydrogens is 324 g/mol. The number of likely N-dealkylation sites (tertiary alicyclic amines) is 1. The van der Waals surface area contributed by atoms with Crippen molar-refractivity contribution in [3.05, 3.63) is 29.8 Å². The molecule has 5 heteroatoms. The molecule has 0 saturated carbocycles. The number of ether oxygens (including phenoxy) is 1. The summed E-state index contributed by atoms with van der Waals surface area (Å²) in [7, 11) is 0. The van der Waals surface area contributed by atoms with E-state index in [2.05, 4.69) is 25.2 Å². The molecule has 1 amide bonds. The highest BCUT2D eigenvalue weighted by atomic mass is 35.5. The van der Waals surface area contributed by atoms with Gasteiger partial charge in [0.2, 0.25) is 0 Å². The molecule has 1 aromatic carbocycles. The maximum atomic E-state index is 12.4. The van der Waals surface area contributed by atoms with Crippen molar-refractivity contribution < 1.29 is 9.53 Å². The number of hydrogen-bond acceptors (Lipinski definition) is 3. The highest BCUT2D eigenvalue weighted by molar-refractivity contribution is 5.85. The average molecular weight is 353 g/mol. The van der Waals surface area contributed by atoms with Gasteiger partial charge in [-0.3, -0.25) is 4.79 Å². The van der Waals surface area contributed by atoms with Crippen LogP contribution in [0.3, 0.4) is 0 Å². The number of halogens is 1. The molecule has 0 bridgehead atoms. The third-order valence-corrected chi connectivity index (χ3v) is 5.40. The lowest BCUT2D eigenvalue weighted by Gasteiger charge is -2.38. The van der Waals surface area contributed by atoms with Crippen LogP contribution in [0.5, 0.6) is 5.75 Å². The summed E-state index contributed by atoms with van der Waals surface area (Å²) in [6.07, 6.45) is 3.50. The van der Waals surface area contributed by atoms with Gasteiger partial charge in [-0.05, 0) is 54.8 Å². The quantitative estimate of drug-likeness (QED) is 0.904. The zero-order chi connectivity index (χ0) is 16.3. The van der Waals surface area contributed by atoms with E-state index in [1.807, 2.05) is 23.1 Å². The Labute approximate surface area is 151 Å². The topological polar surface area (TPSA) is 41.6 Å². The van der Waals surface area contributed by atoms with Gasteiger partial charge in [0.1, 0.15) is 5.75 Å². The first-order valence-electron chi connectivity index (χ1n) is 8.79. The van der Waals surface area contributed by atoms with Crippen molar-refractivity contribution in [1.29, 1.82) is 0 Å². The first-order chi connectivity index (χ1) is 11.1. The van der Waals surface area contributed by atoms with Crippen LogP contribution >= 0.6 is 12.4 Å². The van der Waals surface area contributed by atoms with Gasteiger partial charge in [0.05, 0.1) is 0 Å². The fourth-order valence-electron chi connectivity index (χ4n) is 3.65. The Morgan fingerprint density at radius 1 is 1.29 bits per heavy atom. The minimum absolute atomic E-state index is 0. The first-order valence-corrected chi connectivity index (χ1v) is 8.79. The van der Waals surface area contributed by atoms with Gasteiger partial charge in [0.25, 0.3) is 5.91 Å². The third kappa shape index (κ3) is 4.42. The Hall–Kier alpha value is -1.26. The average Bonchev–Trinajstić information content (AvgIpc) is 3.01. The number of carbonyl (C=O) groups excluding carboxylic acids is 1. The first kappa shape index (κ1) is 19.1. The molecule has 0 radical (unpaired) electrons. The Kier molecular flexibility index (Phi) is 6.53. The monoisotopic (exact) mass is 352 g/mol. The molecule has 0 aliphatic carbocycles. The molecule has 2 heterocycles. The molecule has 24 heavy (non-hydrogen) atoms. The normalized spacial score (nSPS) is 19.4. The van der Waals surface area contributed by atoms with Gasteiger partial charge in [-0.25, -0.2) is 0 Å². The Balaban J connectivity index is 0.00000208. The molecule has 2 aliphatic rings. The predicted molar refractivity (Wildman–Crippen MR) is 99.0 cm³/mol. The van der Waals surface area contributed by atoms with E-state index in [4.69, 9.17) is 4.74 Å². The van der Waals surface area contributed by atoms with Crippen molar-refractivity contribution in [2.24, 2.45) is 5.41 Å². The molecule has 0 unspecified atom stereocenters. The molecule has 1 N–H and O–H groups in total. The van der Waals surface area contributed by atoms with Crippen molar-refractivity contribution in [2.75, 3.05) is 32.8 Å². The Morgan fingerprint density at radius 3 is 2.67 bits per heavy atom. The minimum atomic E-state index is 0. The largest absolute Gasteiger partial charge is 0.484 e. The summed E-state index contributed by atoms with van der Waals surface area (Å²) in [4.78, 5) is 14.3. The van der Waals surface area contributed by atoms with Gasteiger partial charge in [0, 0.05) is 19.6 Å². The maximum absolute atomic E-state index is 12.4. The van der Waals surface area contributed by atoms with E-state index in [0.717, 1.165) is 44.8 Å². The summed E-state index contributed by atoms with van der Waals surface area (Å²) in [5, 5.41) is 3.46. The van der Waals surface area contributed by atoms with E-state index in [1.54, 1.807) is 0 Å². The molecule has 4 nitrogen and oxygen atoms in total. The molecular formula is C19H29ClN2O2. The van der Waals surface area contributed by atoms with Gasteiger partial charge >= 0.3 is 0 Å². The summed E-state index contributed by atoms with van der Waals surface area (Å²) in [5.74, 6) is 1.37. The Morgan fingerprint density at radius 2 is 2.04 bits per heavy atom. The van der Waals surface area contributed by atoms with Crippen LogP contribution in [-0.2, 0) is 4.79 Å². The van der Waals surface area contributed by atoms with Crippen LogP contribution in [0, 0.1) is 5.41 Å². The molecule has 1 aromatic rings. The van der Waals surface area contributed by atoms with Crippen LogP contribution in [0.1, 0.15) is 44.6 Å². The summed E-state index contributed by atoms with van der Waals surface area (Å²) in [6.45, 7) is 8.45. The smallest absolute Gasteiger partial charge is 0.260 e. The third-order valence-electron chi connectivity index (χ3n) is 5.40. The molecule has 2 saturated heterocycles. The van der Waals surface area contributed by atoms with Crippen molar-refractivity contribution in [2.45, 2.75) is 39.0 Å². The minimum Gasteiger partial charge on any atom is -0.484 e. The van der Waals surface area contributed by atoms with Gasteiger partial charge in [-0.15, -0.1) is 12.4 Å². The zero-order valence-electron chi connectivity index (χ0n) is 14.7. The second kappa shape index (κ2) is 8.21. The molecule has 2 aliphatic heterocycles. The van der Waals surface area contributed by atoms with E-state index in [9.17, 15) is 4.79 Å². The number of nitrogens with zero attached hydrogens (tertiary/aromatic N) is 1. The van der Waals surface area contributed by atoms with Crippen molar-refractivity contribution in [3.63, 3.8) is 0 Å². The fraction of sp³-hybridized carbons (Fsp3) is 0.632. The van der Waals surface area contributed by atoms with Gasteiger partial charge in [-0.1, -0.05) is 26.0 Å². The number of amides is 1. The summed E-state index contributed by atoms with van der Waals surface area (Å²) >= 11 is 0. The SMILES string of the molecule is CC(C)c1cccc(OCC(=O)N2CCC3(CCNC3)CC2)c1.Cl. The van der Waals surface area contributed by atoms with E-state index < -0.39 is 0 Å². The molecule has 0 atom stereocenters. The van der Waals surface area contributed by atoms with Crippen LogP contribution in [0.25, 0.3) is 0 Å². The van der Waals surface area contributed by atoms with Crippen LogP contribution < -0.4 is 10.1 Å². The highest BCUT2D eigenvalue weighted by Gasteiger charge is 2.37. The van der Waals surface area contributed by atoms with Crippen LogP contribution in [0.15, 0.2) is 24.3 Å². The number of carbonyl (C=O) groups is 1. The number of rotatable bonds is 4. The van der Waals surface area contributed by atoms with Gasteiger partial charge in [0.15, 0.2) is 6.61 Å². The molecule has 0 aromatic heterocycles. The maximum Gasteiger partial charge on any atom is 0.260 e. The van der Waals surface area contributed by atoms with Gasteiger partial charge < -0.3 is 15.0 Å². The van der Waals surface area contributed by atoms with Crippen LogP contribution in [-0.4, -0.2) is 43.6 Å². The molecule has 3 rings (SSSR count). The van der Waals surface area contributed by atoms with E-state index >= 15 is 0 Å².